The lowest BCUT2D eigenvalue weighted by atomic mass is 9.87. The van der Waals surface area contributed by atoms with Crippen LogP contribution in [0.25, 0.3) is 6.08 Å². The van der Waals surface area contributed by atoms with Crippen LogP contribution in [0.3, 0.4) is 0 Å². The van der Waals surface area contributed by atoms with Crippen molar-refractivity contribution in [2.24, 2.45) is 4.99 Å². The number of hydrogen-bond acceptors (Lipinski definition) is 4. The maximum Gasteiger partial charge on any atom is 0.363 e. The molecule has 3 aromatic carbocycles. The van der Waals surface area contributed by atoms with Gasteiger partial charge >= 0.3 is 5.97 Å². The Morgan fingerprint density at radius 2 is 1.56 bits per heavy atom. The third-order valence-corrected chi connectivity index (χ3v) is 5.33. The van der Waals surface area contributed by atoms with Gasteiger partial charge in [-0.2, -0.15) is 0 Å². The summed E-state index contributed by atoms with van der Waals surface area (Å²) in [5.41, 5.74) is 5.55. The van der Waals surface area contributed by atoms with E-state index in [9.17, 15) is 4.79 Å². The van der Waals surface area contributed by atoms with Gasteiger partial charge in [0.1, 0.15) is 12.4 Å². The molecule has 0 radical (unpaired) electrons. The Morgan fingerprint density at radius 1 is 0.906 bits per heavy atom. The first-order chi connectivity index (χ1) is 15.3. The van der Waals surface area contributed by atoms with Gasteiger partial charge in [-0.1, -0.05) is 74.9 Å². The Bertz CT molecular complexity index is 1160. The van der Waals surface area contributed by atoms with Crippen molar-refractivity contribution in [3.8, 4) is 5.75 Å². The molecule has 4 rings (SSSR count). The number of aliphatic imine (C=N–C) groups is 1. The van der Waals surface area contributed by atoms with Crippen molar-refractivity contribution in [3.63, 3.8) is 0 Å². The Hall–Kier alpha value is -3.66. The molecule has 162 valence electrons. The number of esters is 1. The lowest BCUT2D eigenvalue weighted by Crippen LogP contribution is -2.11. The van der Waals surface area contributed by atoms with Gasteiger partial charge in [0.25, 0.3) is 0 Å². The zero-order chi connectivity index (χ0) is 22.7. The smallest absolute Gasteiger partial charge is 0.363 e. The van der Waals surface area contributed by atoms with Crippen LogP contribution in [0.2, 0.25) is 0 Å². The highest BCUT2D eigenvalue weighted by atomic mass is 16.6. The number of carbonyl (C=O) groups is 1. The molecule has 32 heavy (non-hydrogen) atoms. The van der Waals surface area contributed by atoms with Crippen LogP contribution >= 0.6 is 0 Å². The van der Waals surface area contributed by atoms with Gasteiger partial charge < -0.3 is 9.47 Å². The van der Waals surface area contributed by atoms with Gasteiger partial charge in [-0.05, 0) is 59.4 Å². The topological polar surface area (TPSA) is 47.9 Å². The summed E-state index contributed by atoms with van der Waals surface area (Å²) in [6.07, 6.45) is 1.72. The summed E-state index contributed by atoms with van der Waals surface area (Å²) in [6.45, 7) is 9.06. The minimum atomic E-state index is -0.445. The van der Waals surface area contributed by atoms with Crippen LogP contribution in [0.15, 0.2) is 83.5 Å². The van der Waals surface area contributed by atoms with Gasteiger partial charge in [-0.3, -0.25) is 0 Å². The van der Waals surface area contributed by atoms with Crippen molar-refractivity contribution >= 4 is 17.9 Å². The van der Waals surface area contributed by atoms with Crippen LogP contribution in [-0.4, -0.2) is 11.9 Å². The summed E-state index contributed by atoms with van der Waals surface area (Å²) >= 11 is 0. The van der Waals surface area contributed by atoms with Gasteiger partial charge in [0.15, 0.2) is 5.70 Å². The molecule has 0 saturated carbocycles. The van der Waals surface area contributed by atoms with Gasteiger partial charge in [0.05, 0.1) is 0 Å². The van der Waals surface area contributed by atoms with Gasteiger partial charge in [-0.25, -0.2) is 9.79 Å². The first-order valence-corrected chi connectivity index (χ1v) is 10.7. The van der Waals surface area contributed by atoms with E-state index in [0.717, 1.165) is 22.4 Å². The van der Waals surface area contributed by atoms with Gasteiger partial charge in [0.2, 0.25) is 5.90 Å². The van der Waals surface area contributed by atoms with Crippen molar-refractivity contribution in [3.05, 3.63) is 106 Å². The molecule has 1 aliphatic heterocycles. The van der Waals surface area contributed by atoms with E-state index in [4.69, 9.17) is 9.47 Å². The van der Waals surface area contributed by atoms with Crippen LogP contribution < -0.4 is 4.74 Å². The molecule has 0 aliphatic carbocycles. The second-order valence-electron chi connectivity index (χ2n) is 9.01. The first kappa shape index (κ1) is 21.6. The summed E-state index contributed by atoms with van der Waals surface area (Å²) < 4.78 is 11.2. The Morgan fingerprint density at radius 3 is 2.19 bits per heavy atom. The average molecular weight is 426 g/mol. The predicted molar refractivity (Wildman–Crippen MR) is 128 cm³/mol. The number of aryl methyl sites for hydroxylation is 1. The highest BCUT2D eigenvalue weighted by Gasteiger charge is 2.24. The van der Waals surface area contributed by atoms with Gasteiger partial charge in [-0.15, -0.1) is 0 Å². The third kappa shape index (κ3) is 5.14. The molecule has 0 unspecified atom stereocenters. The number of nitrogens with zero attached hydrogens (tertiary/aromatic N) is 1. The summed E-state index contributed by atoms with van der Waals surface area (Å²) in [5, 5.41) is 0. The molecular weight excluding hydrogens is 398 g/mol. The van der Waals surface area contributed by atoms with E-state index >= 15 is 0 Å². The number of hydrogen-bond donors (Lipinski definition) is 0. The maximum absolute atomic E-state index is 12.3. The predicted octanol–water partition coefficient (Wildman–Crippen LogP) is 6.22. The molecule has 0 saturated heterocycles. The maximum atomic E-state index is 12.3. The Kier molecular flexibility index (Phi) is 5.95. The fourth-order valence-corrected chi connectivity index (χ4v) is 3.31. The van der Waals surface area contributed by atoms with Gasteiger partial charge in [0, 0.05) is 5.56 Å². The van der Waals surface area contributed by atoms with E-state index < -0.39 is 5.97 Å². The first-order valence-electron chi connectivity index (χ1n) is 10.7. The van der Waals surface area contributed by atoms with Crippen LogP contribution in [0, 0.1) is 6.92 Å². The van der Waals surface area contributed by atoms with Crippen molar-refractivity contribution in [1.29, 1.82) is 0 Å². The van der Waals surface area contributed by atoms with E-state index in [0.29, 0.717) is 12.5 Å². The normalized spacial score (nSPS) is 14.9. The Balaban J connectivity index is 1.44. The largest absolute Gasteiger partial charge is 0.489 e. The summed E-state index contributed by atoms with van der Waals surface area (Å²) in [6, 6.07) is 23.8. The standard InChI is InChI=1S/C28H27NO3/c1-19-5-7-21(8-6-19)18-31-24-15-9-20(10-16-24)17-25-27(30)32-26(29-25)22-11-13-23(14-12-22)28(2,3)4/h5-17H,18H2,1-4H3. The molecule has 0 fully saturated rings. The minimum Gasteiger partial charge on any atom is -0.489 e. The molecule has 3 aromatic rings. The number of ether oxygens (including phenoxy) is 2. The minimum absolute atomic E-state index is 0.0633. The summed E-state index contributed by atoms with van der Waals surface area (Å²) in [4.78, 5) is 16.7. The van der Waals surface area contributed by atoms with Crippen molar-refractivity contribution in [2.45, 2.75) is 39.7 Å². The third-order valence-electron chi connectivity index (χ3n) is 5.33. The lowest BCUT2D eigenvalue weighted by molar-refractivity contribution is -0.129. The average Bonchev–Trinajstić information content (AvgIpc) is 3.14. The molecule has 1 aliphatic rings. The molecule has 4 nitrogen and oxygen atoms in total. The zero-order valence-corrected chi connectivity index (χ0v) is 18.9. The fourth-order valence-electron chi connectivity index (χ4n) is 3.31. The molecule has 0 atom stereocenters. The second-order valence-corrected chi connectivity index (χ2v) is 9.01. The van der Waals surface area contributed by atoms with Crippen LogP contribution in [0.4, 0.5) is 0 Å². The van der Waals surface area contributed by atoms with E-state index in [1.165, 1.54) is 11.1 Å². The zero-order valence-electron chi connectivity index (χ0n) is 18.9. The van der Waals surface area contributed by atoms with Crippen LogP contribution in [0.5, 0.6) is 5.75 Å². The number of benzene rings is 3. The number of rotatable bonds is 5. The molecule has 0 amide bonds. The molecule has 1 heterocycles. The SMILES string of the molecule is Cc1ccc(COc2ccc(C=C3N=C(c4ccc(C(C)(C)C)cc4)OC3=O)cc2)cc1. The molecule has 4 heteroatoms. The van der Waals surface area contributed by atoms with Crippen molar-refractivity contribution in [1.82, 2.24) is 0 Å². The van der Waals surface area contributed by atoms with E-state index in [-0.39, 0.29) is 11.1 Å². The quantitative estimate of drug-likeness (QED) is 0.360. The number of carbonyl (C=O) groups excluding carboxylic acids is 1. The molecular formula is C28H27NO3. The second kappa shape index (κ2) is 8.83. The summed E-state index contributed by atoms with van der Waals surface area (Å²) in [7, 11) is 0. The molecule has 0 aromatic heterocycles. The van der Waals surface area contributed by atoms with E-state index in [1.807, 2.05) is 48.5 Å². The molecule has 0 bridgehead atoms. The monoisotopic (exact) mass is 425 g/mol. The Labute approximate surface area is 189 Å². The fraction of sp³-hybridized carbons (Fsp3) is 0.214. The molecule has 0 N–H and O–H groups in total. The van der Waals surface area contributed by atoms with Crippen molar-refractivity contribution < 1.29 is 14.3 Å². The lowest BCUT2D eigenvalue weighted by Gasteiger charge is -2.18. The highest BCUT2D eigenvalue weighted by Crippen LogP contribution is 2.25. The summed E-state index contributed by atoms with van der Waals surface area (Å²) in [5.74, 6) is 0.657. The highest BCUT2D eigenvalue weighted by molar-refractivity contribution is 6.12. The van der Waals surface area contributed by atoms with Crippen molar-refractivity contribution in [2.75, 3.05) is 0 Å². The van der Waals surface area contributed by atoms with Crippen LogP contribution in [0.1, 0.15) is 48.6 Å². The van der Waals surface area contributed by atoms with Crippen LogP contribution in [-0.2, 0) is 21.6 Å². The van der Waals surface area contributed by atoms with E-state index in [1.54, 1.807) is 6.08 Å². The number of cyclic esters (lactones) is 1. The van der Waals surface area contributed by atoms with E-state index in [2.05, 4.69) is 57.0 Å². The molecule has 0 spiro atoms.